The molecule has 172 valence electrons. The van der Waals surface area contributed by atoms with Crippen LogP contribution in [0.5, 0.6) is 5.75 Å². The van der Waals surface area contributed by atoms with Gasteiger partial charge in [-0.1, -0.05) is 12.2 Å². The topological polar surface area (TPSA) is 70.2 Å². The highest BCUT2D eigenvalue weighted by molar-refractivity contribution is 6.07. The Balaban J connectivity index is 1.31. The van der Waals surface area contributed by atoms with Crippen LogP contribution in [0.3, 0.4) is 0 Å². The molecule has 1 aliphatic carbocycles. The van der Waals surface area contributed by atoms with E-state index in [1.54, 1.807) is 6.07 Å². The maximum absolute atomic E-state index is 13.7. The second-order valence-corrected chi connectivity index (χ2v) is 9.00. The lowest BCUT2D eigenvalue weighted by Gasteiger charge is -2.36. The van der Waals surface area contributed by atoms with Gasteiger partial charge in [-0.15, -0.1) is 0 Å². The number of imide groups is 1. The van der Waals surface area contributed by atoms with E-state index in [9.17, 15) is 18.8 Å². The first-order valence-electron chi connectivity index (χ1n) is 11.3. The molecule has 2 amide bonds. The van der Waals surface area contributed by atoms with E-state index in [-0.39, 0.29) is 54.4 Å². The molecule has 1 aromatic carbocycles. The van der Waals surface area contributed by atoms with Crippen LogP contribution >= 0.6 is 0 Å². The standard InChI is InChI=1S/C24H30FN3O4/c1-16(2)32-22-13-17(25)7-8-21(22)27-11-9-26(10-12-27)14-18(29)15-28-23(30)19-5-3-4-6-20(19)24(28)31/h3-4,7-8,13,16,19-20H,5-6,9-12,14-15H2,1-2H3. The number of rotatable bonds is 7. The van der Waals surface area contributed by atoms with Crippen molar-refractivity contribution in [3.63, 3.8) is 0 Å². The number of nitrogens with zero attached hydrogens (tertiary/aromatic N) is 3. The van der Waals surface area contributed by atoms with E-state index < -0.39 is 0 Å². The normalized spacial score (nSPS) is 23.8. The van der Waals surface area contributed by atoms with Gasteiger partial charge < -0.3 is 9.64 Å². The van der Waals surface area contributed by atoms with Gasteiger partial charge in [-0.2, -0.15) is 0 Å². The zero-order valence-corrected chi connectivity index (χ0v) is 18.6. The maximum atomic E-state index is 13.7. The van der Waals surface area contributed by atoms with Crippen molar-refractivity contribution < 1.29 is 23.5 Å². The predicted molar refractivity (Wildman–Crippen MR) is 118 cm³/mol. The number of anilines is 1. The highest BCUT2D eigenvalue weighted by Crippen LogP contribution is 2.35. The van der Waals surface area contributed by atoms with Crippen LogP contribution in [-0.2, 0) is 14.4 Å². The molecule has 32 heavy (non-hydrogen) atoms. The minimum Gasteiger partial charge on any atom is -0.489 e. The number of hydrogen-bond donors (Lipinski definition) is 0. The molecule has 2 atom stereocenters. The lowest BCUT2D eigenvalue weighted by molar-refractivity contribution is -0.143. The molecule has 3 aliphatic rings. The number of ketones is 1. The Morgan fingerprint density at radius 1 is 1.03 bits per heavy atom. The van der Waals surface area contributed by atoms with Crippen LogP contribution in [0.4, 0.5) is 10.1 Å². The van der Waals surface area contributed by atoms with Crippen LogP contribution in [0.1, 0.15) is 26.7 Å². The van der Waals surface area contributed by atoms with Crippen LogP contribution in [0.2, 0.25) is 0 Å². The third-order valence-electron chi connectivity index (χ3n) is 6.33. The van der Waals surface area contributed by atoms with E-state index in [0.717, 1.165) is 10.6 Å². The van der Waals surface area contributed by atoms with Gasteiger partial charge in [-0.3, -0.25) is 24.2 Å². The molecule has 0 spiro atoms. The molecule has 1 aromatic rings. The number of carbonyl (C=O) groups excluding carboxylic acids is 3. The first kappa shape index (κ1) is 22.5. The highest BCUT2D eigenvalue weighted by Gasteiger charge is 2.47. The number of allylic oxidation sites excluding steroid dienone is 2. The summed E-state index contributed by atoms with van der Waals surface area (Å²) < 4.78 is 19.5. The van der Waals surface area contributed by atoms with Crippen molar-refractivity contribution >= 4 is 23.3 Å². The molecule has 0 saturated carbocycles. The second kappa shape index (κ2) is 9.40. The lowest BCUT2D eigenvalue weighted by atomic mass is 9.85. The Hall–Kier alpha value is -2.74. The summed E-state index contributed by atoms with van der Waals surface area (Å²) in [6.45, 7) is 6.52. The lowest BCUT2D eigenvalue weighted by Crippen LogP contribution is -2.49. The Kier molecular flexibility index (Phi) is 6.60. The van der Waals surface area contributed by atoms with Gasteiger partial charge in [0.25, 0.3) is 0 Å². The third-order valence-corrected chi connectivity index (χ3v) is 6.33. The zero-order valence-electron chi connectivity index (χ0n) is 18.6. The number of halogens is 1. The van der Waals surface area contributed by atoms with Crippen LogP contribution in [-0.4, -0.2) is 72.8 Å². The molecule has 2 unspecified atom stereocenters. The average Bonchev–Trinajstić information content (AvgIpc) is 2.99. The summed E-state index contributed by atoms with van der Waals surface area (Å²) in [5.74, 6) is -0.976. The van der Waals surface area contributed by atoms with Gasteiger partial charge in [0.05, 0.1) is 36.7 Å². The SMILES string of the molecule is CC(C)Oc1cc(F)ccc1N1CCN(CC(=O)CN2C(=O)C3CC=CCC3C2=O)CC1. The first-order valence-corrected chi connectivity index (χ1v) is 11.3. The van der Waals surface area contributed by atoms with Crippen molar-refractivity contribution in [1.29, 1.82) is 0 Å². The van der Waals surface area contributed by atoms with Crippen molar-refractivity contribution in [2.45, 2.75) is 32.8 Å². The van der Waals surface area contributed by atoms with Crippen molar-refractivity contribution in [1.82, 2.24) is 9.80 Å². The number of piperazine rings is 1. The number of Topliss-reactive ketones (excluding diaryl/α,β-unsaturated/α-hetero) is 1. The summed E-state index contributed by atoms with van der Waals surface area (Å²) in [4.78, 5) is 43.1. The van der Waals surface area contributed by atoms with Gasteiger partial charge in [0.15, 0.2) is 5.78 Å². The van der Waals surface area contributed by atoms with Gasteiger partial charge >= 0.3 is 0 Å². The quantitative estimate of drug-likeness (QED) is 0.476. The Bertz CT molecular complexity index is 898. The fourth-order valence-electron chi connectivity index (χ4n) is 4.75. The summed E-state index contributed by atoms with van der Waals surface area (Å²) >= 11 is 0. The second-order valence-electron chi connectivity index (χ2n) is 9.00. The van der Waals surface area contributed by atoms with E-state index >= 15 is 0 Å². The predicted octanol–water partition coefficient (Wildman–Crippen LogP) is 2.26. The number of amides is 2. The monoisotopic (exact) mass is 443 g/mol. The molecule has 0 aromatic heterocycles. The molecule has 2 fully saturated rings. The third kappa shape index (κ3) is 4.70. The molecular weight excluding hydrogens is 413 g/mol. The fraction of sp³-hybridized carbons (Fsp3) is 0.542. The van der Waals surface area contributed by atoms with E-state index in [1.165, 1.54) is 12.1 Å². The van der Waals surface area contributed by atoms with Gasteiger partial charge in [0, 0.05) is 32.2 Å². The van der Waals surface area contributed by atoms with Gasteiger partial charge in [0.1, 0.15) is 11.6 Å². The van der Waals surface area contributed by atoms with Crippen LogP contribution in [0.25, 0.3) is 0 Å². The minimum atomic E-state index is -0.338. The zero-order chi connectivity index (χ0) is 22.8. The van der Waals surface area contributed by atoms with E-state index in [4.69, 9.17) is 4.74 Å². The highest BCUT2D eigenvalue weighted by atomic mass is 19.1. The van der Waals surface area contributed by atoms with Crippen molar-refractivity contribution in [2.24, 2.45) is 11.8 Å². The molecule has 7 nitrogen and oxygen atoms in total. The van der Waals surface area contributed by atoms with Crippen LogP contribution in [0.15, 0.2) is 30.4 Å². The Morgan fingerprint density at radius 3 is 2.25 bits per heavy atom. The molecule has 0 N–H and O–H groups in total. The molecule has 2 heterocycles. The summed E-state index contributed by atoms with van der Waals surface area (Å²) in [5, 5.41) is 0. The van der Waals surface area contributed by atoms with E-state index in [2.05, 4.69) is 4.90 Å². The summed E-state index contributed by atoms with van der Waals surface area (Å²) in [6.07, 6.45) is 4.97. The number of benzene rings is 1. The van der Waals surface area contributed by atoms with E-state index in [0.29, 0.717) is 44.8 Å². The average molecular weight is 444 g/mol. The molecule has 8 heteroatoms. The Labute approximate surface area is 187 Å². The molecule has 0 radical (unpaired) electrons. The minimum absolute atomic E-state index is 0.0647. The molecule has 0 bridgehead atoms. The van der Waals surface area contributed by atoms with Gasteiger partial charge in [-0.05, 0) is 38.8 Å². The number of carbonyl (C=O) groups is 3. The number of hydrogen-bond acceptors (Lipinski definition) is 6. The number of fused-ring (bicyclic) bond motifs is 1. The molecule has 4 rings (SSSR count). The molecule has 2 saturated heterocycles. The number of ether oxygens (including phenoxy) is 1. The first-order chi connectivity index (χ1) is 15.3. The largest absolute Gasteiger partial charge is 0.489 e. The summed E-state index contributed by atoms with van der Waals surface area (Å²) in [5.41, 5.74) is 0.843. The van der Waals surface area contributed by atoms with Crippen LogP contribution < -0.4 is 9.64 Å². The maximum Gasteiger partial charge on any atom is 0.233 e. The smallest absolute Gasteiger partial charge is 0.233 e. The number of likely N-dealkylation sites (tertiary alicyclic amines) is 1. The van der Waals surface area contributed by atoms with Crippen molar-refractivity contribution in [3.05, 3.63) is 36.2 Å². The summed E-state index contributed by atoms with van der Waals surface area (Å²) in [7, 11) is 0. The fourth-order valence-corrected chi connectivity index (χ4v) is 4.75. The van der Waals surface area contributed by atoms with Gasteiger partial charge in [-0.25, -0.2) is 4.39 Å². The van der Waals surface area contributed by atoms with Crippen LogP contribution in [0, 0.1) is 17.7 Å². The van der Waals surface area contributed by atoms with Crippen molar-refractivity contribution in [2.75, 3.05) is 44.2 Å². The molecular formula is C24H30FN3O4. The van der Waals surface area contributed by atoms with E-state index in [1.807, 2.05) is 30.9 Å². The Morgan fingerprint density at radius 2 is 1.66 bits per heavy atom. The van der Waals surface area contributed by atoms with Crippen molar-refractivity contribution in [3.8, 4) is 5.75 Å². The summed E-state index contributed by atoms with van der Waals surface area (Å²) in [6, 6.07) is 4.56. The molecule has 2 aliphatic heterocycles. The van der Waals surface area contributed by atoms with Gasteiger partial charge in [0.2, 0.25) is 11.8 Å².